The molecule has 1 heterocycles. The first-order chi connectivity index (χ1) is 15.8. The molecule has 0 aliphatic carbocycles. The molecule has 0 spiro atoms. The van der Waals surface area contributed by atoms with Crippen molar-refractivity contribution in [3.8, 4) is 5.75 Å². The third kappa shape index (κ3) is 5.07. The summed E-state index contributed by atoms with van der Waals surface area (Å²) in [5.74, 6) is 0.216. The van der Waals surface area contributed by atoms with E-state index in [1.807, 2.05) is 55.5 Å². The maximum Gasteiger partial charge on any atom is 0.264 e. The van der Waals surface area contributed by atoms with Crippen LogP contribution in [0.25, 0.3) is 0 Å². The first-order valence-corrected chi connectivity index (χ1v) is 12.9. The molecule has 0 unspecified atom stereocenters. The zero-order valence-corrected chi connectivity index (χ0v) is 20.8. The highest BCUT2D eigenvalue weighted by atomic mass is 79.9. The Bertz CT molecular complexity index is 1290. The predicted molar refractivity (Wildman–Crippen MR) is 132 cm³/mol. The zero-order valence-electron chi connectivity index (χ0n) is 18.4. The lowest BCUT2D eigenvalue weighted by Crippen LogP contribution is -2.31. The molecule has 33 heavy (non-hydrogen) atoms. The van der Waals surface area contributed by atoms with Crippen LogP contribution in [0.3, 0.4) is 0 Å². The number of benzene rings is 3. The van der Waals surface area contributed by atoms with Gasteiger partial charge in [0.05, 0.1) is 16.6 Å². The quantitative estimate of drug-likeness (QED) is 0.479. The number of carbonyl (C=O) groups is 1. The summed E-state index contributed by atoms with van der Waals surface area (Å²) < 4.78 is 34.5. The molecule has 172 valence electrons. The van der Waals surface area contributed by atoms with Crippen LogP contribution in [-0.4, -0.2) is 27.5 Å². The molecule has 0 aromatic heterocycles. The minimum atomic E-state index is -3.68. The third-order valence-corrected chi connectivity index (χ3v) is 7.97. The third-order valence-electron chi connectivity index (χ3n) is 5.66. The SMILES string of the molecule is Cc1cc(S(=O)(=O)N2CCc3ccccc32)ccc1OCC(=O)N[C@H](C)c1cccc(Br)c1. The number of nitrogens with zero attached hydrogens (tertiary/aromatic N) is 1. The van der Waals surface area contributed by atoms with E-state index < -0.39 is 10.0 Å². The molecule has 1 amide bonds. The van der Waals surface area contributed by atoms with E-state index in [4.69, 9.17) is 4.74 Å². The van der Waals surface area contributed by atoms with Crippen LogP contribution in [0.4, 0.5) is 5.69 Å². The van der Waals surface area contributed by atoms with E-state index in [2.05, 4.69) is 21.2 Å². The van der Waals surface area contributed by atoms with Gasteiger partial charge in [0.15, 0.2) is 6.61 Å². The summed E-state index contributed by atoms with van der Waals surface area (Å²) in [5.41, 5.74) is 3.39. The van der Waals surface area contributed by atoms with Gasteiger partial charge in [0, 0.05) is 11.0 Å². The maximum absolute atomic E-state index is 13.2. The van der Waals surface area contributed by atoms with Gasteiger partial charge in [-0.15, -0.1) is 0 Å². The summed E-state index contributed by atoms with van der Waals surface area (Å²) in [6, 6.07) is 19.8. The standard InChI is InChI=1S/C25H25BrN2O4S/c1-17-14-22(33(30,31)28-13-12-19-6-3-4-9-23(19)28)10-11-24(17)32-16-25(29)27-18(2)20-7-5-8-21(26)15-20/h3-11,14-15,18H,12-13,16H2,1-2H3,(H,27,29)/t18-/m1/s1. The summed E-state index contributed by atoms with van der Waals surface area (Å²) in [6.45, 7) is 3.94. The highest BCUT2D eigenvalue weighted by Crippen LogP contribution is 2.33. The molecule has 6 nitrogen and oxygen atoms in total. The highest BCUT2D eigenvalue weighted by Gasteiger charge is 2.30. The van der Waals surface area contributed by atoms with Crippen molar-refractivity contribution >= 4 is 37.5 Å². The van der Waals surface area contributed by atoms with Crippen LogP contribution in [0.1, 0.15) is 29.7 Å². The number of para-hydroxylation sites is 1. The second kappa shape index (κ2) is 9.57. The van der Waals surface area contributed by atoms with Crippen LogP contribution < -0.4 is 14.4 Å². The van der Waals surface area contributed by atoms with Crippen molar-refractivity contribution in [2.24, 2.45) is 0 Å². The van der Waals surface area contributed by atoms with Crippen molar-refractivity contribution in [2.75, 3.05) is 17.5 Å². The molecule has 8 heteroatoms. The van der Waals surface area contributed by atoms with Gasteiger partial charge in [0.2, 0.25) is 0 Å². The number of hydrogen-bond donors (Lipinski definition) is 1. The van der Waals surface area contributed by atoms with Crippen LogP contribution in [0, 0.1) is 6.92 Å². The van der Waals surface area contributed by atoms with E-state index in [1.165, 1.54) is 10.4 Å². The Morgan fingerprint density at radius 2 is 1.91 bits per heavy atom. The Labute approximate surface area is 202 Å². The number of sulfonamides is 1. The molecule has 4 rings (SSSR count). The molecule has 0 saturated heterocycles. The lowest BCUT2D eigenvalue weighted by Gasteiger charge is -2.20. The monoisotopic (exact) mass is 528 g/mol. The number of ether oxygens (including phenoxy) is 1. The Morgan fingerprint density at radius 1 is 1.12 bits per heavy atom. The van der Waals surface area contributed by atoms with Crippen molar-refractivity contribution in [1.29, 1.82) is 0 Å². The fraction of sp³-hybridized carbons (Fsp3) is 0.240. The van der Waals surface area contributed by atoms with E-state index in [0.717, 1.165) is 21.3 Å². The number of halogens is 1. The molecule has 0 saturated carbocycles. The molecule has 3 aromatic carbocycles. The van der Waals surface area contributed by atoms with Gasteiger partial charge in [-0.3, -0.25) is 9.10 Å². The van der Waals surface area contributed by atoms with Crippen molar-refractivity contribution in [1.82, 2.24) is 5.32 Å². The molecule has 3 aromatic rings. The molecule has 0 bridgehead atoms. The van der Waals surface area contributed by atoms with Crippen molar-refractivity contribution in [3.63, 3.8) is 0 Å². The van der Waals surface area contributed by atoms with E-state index in [9.17, 15) is 13.2 Å². The van der Waals surface area contributed by atoms with Gasteiger partial charge in [-0.2, -0.15) is 0 Å². The van der Waals surface area contributed by atoms with Gasteiger partial charge < -0.3 is 10.1 Å². The number of amides is 1. The fourth-order valence-corrected chi connectivity index (χ4v) is 5.92. The number of hydrogen-bond acceptors (Lipinski definition) is 4. The Kier molecular flexibility index (Phi) is 6.76. The van der Waals surface area contributed by atoms with Crippen LogP contribution in [-0.2, 0) is 21.2 Å². The van der Waals surface area contributed by atoms with Crippen LogP contribution in [0.2, 0.25) is 0 Å². The van der Waals surface area contributed by atoms with E-state index >= 15 is 0 Å². The predicted octanol–water partition coefficient (Wildman–Crippen LogP) is 4.77. The maximum atomic E-state index is 13.2. The number of anilines is 1. The molecular weight excluding hydrogens is 504 g/mol. The number of carbonyl (C=O) groups excluding carboxylic acids is 1. The number of fused-ring (bicyclic) bond motifs is 1. The van der Waals surface area contributed by atoms with Crippen molar-refractivity contribution in [2.45, 2.75) is 31.2 Å². The summed E-state index contributed by atoms with van der Waals surface area (Å²) >= 11 is 3.43. The number of rotatable bonds is 7. The smallest absolute Gasteiger partial charge is 0.264 e. The van der Waals surface area contributed by atoms with E-state index in [-0.39, 0.29) is 23.5 Å². The van der Waals surface area contributed by atoms with Crippen LogP contribution >= 0.6 is 15.9 Å². The van der Waals surface area contributed by atoms with E-state index in [1.54, 1.807) is 19.1 Å². The molecular formula is C25H25BrN2O4S. The lowest BCUT2D eigenvalue weighted by molar-refractivity contribution is -0.123. The first kappa shape index (κ1) is 23.3. The molecule has 1 aliphatic heterocycles. The first-order valence-electron chi connectivity index (χ1n) is 10.6. The van der Waals surface area contributed by atoms with Crippen molar-refractivity contribution < 1.29 is 17.9 Å². The largest absolute Gasteiger partial charge is 0.484 e. The summed E-state index contributed by atoms with van der Waals surface area (Å²) in [4.78, 5) is 12.6. The average molecular weight is 529 g/mol. The average Bonchev–Trinajstić information content (AvgIpc) is 3.23. The number of nitrogens with one attached hydrogen (secondary N) is 1. The molecule has 0 radical (unpaired) electrons. The highest BCUT2D eigenvalue weighted by molar-refractivity contribution is 9.10. The fourth-order valence-electron chi connectivity index (χ4n) is 3.91. The zero-order chi connectivity index (χ0) is 23.6. The second-order valence-corrected chi connectivity index (χ2v) is 10.8. The van der Waals surface area contributed by atoms with Crippen LogP contribution in [0.15, 0.2) is 76.1 Å². The minimum absolute atomic E-state index is 0.162. The normalized spacial score (nSPS) is 14.0. The molecule has 0 fully saturated rings. The topological polar surface area (TPSA) is 75.7 Å². The molecule has 1 atom stereocenters. The van der Waals surface area contributed by atoms with E-state index in [0.29, 0.717) is 24.3 Å². The Hall–Kier alpha value is -2.84. The lowest BCUT2D eigenvalue weighted by atomic mass is 10.1. The summed E-state index contributed by atoms with van der Waals surface area (Å²) in [6.07, 6.45) is 0.697. The Balaban J connectivity index is 1.41. The van der Waals surface area contributed by atoms with Crippen molar-refractivity contribution in [3.05, 3.63) is 87.9 Å². The van der Waals surface area contributed by atoms with Gasteiger partial charge in [0.1, 0.15) is 5.75 Å². The summed E-state index contributed by atoms with van der Waals surface area (Å²) in [5, 5.41) is 2.91. The molecule has 1 N–H and O–H groups in total. The number of aryl methyl sites for hydroxylation is 1. The minimum Gasteiger partial charge on any atom is -0.484 e. The van der Waals surface area contributed by atoms with Gasteiger partial charge in [-0.25, -0.2) is 8.42 Å². The van der Waals surface area contributed by atoms with Gasteiger partial charge >= 0.3 is 0 Å². The van der Waals surface area contributed by atoms with Gasteiger partial charge in [0.25, 0.3) is 15.9 Å². The summed E-state index contributed by atoms with van der Waals surface area (Å²) in [7, 11) is -3.68. The Morgan fingerprint density at radius 3 is 2.67 bits per heavy atom. The molecule has 1 aliphatic rings. The van der Waals surface area contributed by atoms with Gasteiger partial charge in [-0.1, -0.05) is 46.3 Å². The second-order valence-electron chi connectivity index (χ2n) is 8.02. The van der Waals surface area contributed by atoms with Crippen LogP contribution in [0.5, 0.6) is 5.75 Å². The van der Waals surface area contributed by atoms with Gasteiger partial charge in [-0.05, 0) is 73.4 Å².